The Morgan fingerprint density at radius 2 is 1.79 bits per heavy atom. The van der Waals surface area contributed by atoms with E-state index in [4.69, 9.17) is 4.74 Å². The van der Waals surface area contributed by atoms with E-state index in [-0.39, 0.29) is 5.91 Å². The summed E-state index contributed by atoms with van der Waals surface area (Å²) in [6, 6.07) is 17.8. The van der Waals surface area contributed by atoms with Crippen molar-refractivity contribution in [1.82, 2.24) is 20.0 Å². The summed E-state index contributed by atoms with van der Waals surface area (Å²) in [5, 5.41) is 7.59. The quantitative estimate of drug-likeness (QED) is 0.743. The molecule has 1 aromatic heterocycles. The Morgan fingerprint density at radius 1 is 1.04 bits per heavy atom. The van der Waals surface area contributed by atoms with Gasteiger partial charge in [-0.15, -0.1) is 0 Å². The van der Waals surface area contributed by atoms with Gasteiger partial charge in [0.15, 0.2) is 0 Å². The van der Waals surface area contributed by atoms with Crippen LogP contribution in [0.15, 0.2) is 60.8 Å². The average molecular weight is 376 g/mol. The first-order chi connectivity index (χ1) is 13.7. The van der Waals surface area contributed by atoms with Gasteiger partial charge in [-0.2, -0.15) is 5.10 Å². The maximum absolute atomic E-state index is 11.6. The number of hydrogen-bond donors (Lipinski definition) is 1. The van der Waals surface area contributed by atoms with Crippen LogP contribution in [0, 0.1) is 0 Å². The summed E-state index contributed by atoms with van der Waals surface area (Å²) in [4.78, 5) is 13.9. The zero-order chi connectivity index (χ0) is 19.3. The van der Waals surface area contributed by atoms with Crippen LogP contribution in [0.3, 0.4) is 0 Å². The second-order valence-corrected chi connectivity index (χ2v) is 6.99. The summed E-state index contributed by atoms with van der Waals surface area (Å²) < 4.78 is 7.72. The monoisotopic (exact) mass is 376 g/mol. The van der Waals surface area contributed by atoms with E-state index >= 15 is 0 Å². The van der Waals surface area contributed by atoms with Gasteiger partial charge < -0.3 is 10.1 Å². The number of nitrogens with one attached hydrogen (secondary N) is 1. The topological polar surface area (TPSA) is 59.4 Å². The first-order valence-electron chi connectivity index (χ1n) is 9.52. The highest BCUT2D eigenvalue weighted by molar-refractivity contribution is 5.76. The van der Waals surface area contributed by atoms with Crippen LogP contribution in [0.1, 0.15) is 12.0 Å². The lowest BCUT2D eigenvalue weighted by Crippen LogP contribution is -2.28. The Labute approximate surface area is 164 Å². The number of carbonyl (C=O) groups is 1. The molecule has 1 aliphatic heterocycles. The highest BCUT2D eigenvalue weighted by atomic mass is 16.5. The van der Waals surface area contributed by atoms with Gasteiger partial charge in [0, 0.05) is 57.0 Å². The van der Waals surface area contributed by atoms with Crippen molar-refractivity contribution < 1.29 is 9.53 Å². The van der Waals surface area contributed by atoms with E-state index in [0.29, 0.717) is 13.0 Å². The molecule has 1 aliphatic rings. The van der Waals surface area contributed by atoms with Crippen molar-refractivity contribution in [2.24, 2.45) is 7.05 Å². The molecule has 28 heavy (non-hydrogen) atoms. The van der Waals surface area contributed by atoms with Crippen molar-refractivity contribution in [3.8, 4) is 22.8 Å². The lowest BCUT2D eigenvalue weighted by Gasteiger charge is -2.18. The summed E-state index contributed by atoms with van der Waals surface area (Å²) in [5.41, 5.74) is 3.19. The molecule has 144 valence electrons. The minimum Gasteiger partial charge on any atom is -0.457 e. The highest BCUT2D eigenvalue weighted by Gasteiger charge is 2.17. The number of aromatic nitrogens is 2. The minimum absolute atomic E-state index is 0.128. The molecule has 0 radical (unpaired) electrons. The third-order valence-corrected chi connectivity index (χ3v) is 4.81. The highest BCUT2D eigenvalue weighted by Crippen LogP contribution is 2.27. The molecule has 0 spiro atoms. The molecule has 0 unspecified atom stereocenters. The Balaban J connectivity index is 1.50. The summed E-state index contributed by atoms with van der Waals surface area (Å²) in [5.74, 6) is 1.74. The zero-order valence-corrected chi connectivity index (χ0v) is 16.0. The van der Waals surface area contributed by atoms with Crippen molar-refractivity contribution in [3.05, 3.63) is 66.4 Å². The van der Waals surface area contributed by atoms with Crippen LogP contribution in [0.25, 0.3) is 11.3 Å². The van der Waals surface area contributed by atoms with Gasteiger partial charge in [-0.25, -0.2) is 0 Å². The van der Waals surface area contributed by atoms with Crippen LogP contribution >= 0.6 is 0 Å². The second kappa shape index (κ2) is 8.27. The molecule has 0 saturated carbocycles. The van der Waals surface area contributed by atoms with E-state index in [2.05, 4.69) is 21.5 Å². The van der Waals surface area contributed by atoms with Gasteiger partial charge in [0.25, 0.3) is 0 Å². The Morgan fingerprint density at radius 3 is 2.57 bits per heavy atom. The van der Waals surface area contributed by atoms with E-state index in [1.165, 1.54) is 0 Å². The Kier molecular flexibility index (Phi) is 5.39. The molecule has 3 aromatic rings. The number of carbonyl (C=O) groups excluding carboxylic acids is 1. The van der Waals surface area contributed by atoms with Crippen LogP contribution in [0.5, 0.6) is 11.5 Å². The van der Waals surface area contributed by atoms with Gasteiger partial charge in [0.05, 0.1) is 5.69 Å². The molecule has 1 amide bonds. The van der Waals surface area contributed by atoms with E-state index in [1.807, 2.05) is 66.3 Å². The molecule has 6 heteroatoms. The molecule has 0 aliphatic carbocycles. The van der Waals surface area contributed by atoms with Gasteiger partial charge in [-0.3, -0.25) is 14.4 Å². The number of benzene rings is 2. The first kappa shape index (κ1) is 18.3. The van der Waals surface area contributed by atoms with Crippen LogP contribution in [-0.2, 0) is 18.4 Å². The molecular formula is C22H24N4O2. The summed E-state index contributed by atoms with van der Waals surface area (Å²) in [6.45, 7) is 3.09. The van der Waals surface area contributed by atoms with Gasteiger partial charge >= 0.3 is 0 Å². The lowest BCUT2D eigenvalue weighted by molar-refractivity contribution is -0.120. The average Bonchev–Trinajstić information content (AvgIpc) is 2.94. The van der Waals surface area contributed by atoms with E-state index < -0.39 is 0 Å². The zero-order valence-electron chi connectivity index (χ0n) is 16.0. The SMILES string of the molecule is Cn1cc(CN2CCNC(=O)CC2)c(-c2ccc(Oc3ccccc3)cc2)n1. The Hall–Kier alpha value is -3.12. The van der Waals surface area contributed by atoms with Crippen LogP contribution < -0.4 is 10.1 Å². The van der Waals surface area contributed by atoms with E-state index in [9.17, 15) is 4.79 Å². The maximum atomic E-state index is 11.6. The standard InChI is InChI=1S/C22H24N4O2/c1-25-15-18(16-26-13-11-21(27)23-12-14-26)22(24-25)17-7-9-20(10-8-17)28-19-5-3-2-4-6-19/h2-10,15H,11-14,16H2,1H3,(H,23,27). The molecule has 2 heterocycles. The number of para-hydroxylation sites is 1. The van der Waals surface area contributed by atoms with Crippen molar-refractivity contribution >= 4 is 5.91 Å². The molecule has 6 nitrogen and oxygen atoms in total. The molecule has 4 rings (SSSR count). The fourth-order valence-corrected chi connectivity index (χ4v) is 3.41. The van der Waals surface area contributed by atoms with Gasteiger partial charge in [0.1, 0.15) is 11.5 Å². The molecular weight excluding hydrogens is 352 g/mol. The van der Waals surface area contributed by atoms with Crippen molar-refractivity contribution in [3.63, 3.8) is 0 Å². The first-order valence-corrected chi connectivity index (χ1v) is 9.52. The van der Waals surface area contributed by atoms with Crippen LogP contribution in [0.4, 0.5) is 0 Å². The number of hydrogen-bond acceptors (Lipinski definition) is 4. The Bertz CT molecular complexity index is 935. The van der Waals surface area contributed by atoms with Crippen molar-refractivity contribution in [2.45, 2.75) is 13.0 Å². The molecule has 1 N–H and O–H groups in total. The lowest BCUT2D eigenvalue weighted by atomic mass is 10.1. The van der Waals surface area contributed by atoms with Gasteiger partial charge in [0.2, 0.25) is 5.91 Å². The molecule has 0 atom stereocenters. The predicted octanol–water partition coefficient (Wildman–Crippen LogP) is 3.20. The molecule has 2 aromatic carbocycles. The van der Waals surface area contributed by atoms with Gasteiger partial charge in [-0.05, 0) is 36.4 Å². The van der Waals surface area contributed by atoms with Crippen molar-refractivity contribution in [2.75, 3.05) is 19.6 Å². The molecule has 1 saturated heterocycles. The number of amides is 1. The van der Waals surface area contributed by atoms with Crippen LogP contribution in [-0.4, -0.2) is 40.2 Å². The minimum atomic E-state index is 0.128. The van der Waals surface area contributed by atoms with Crippen molar-refractivity contribution in [1.29, 1.82) is 0 Å². The summed E-state index contributed by atoms with van der Waals surface area (Å²) in [7, 11) is 1.94. The smallest absolute Gasteiger partial charge is 0.221 e. The largest absolute Gasteiger partial charge is 0.457 e. The normalized spacial score (nSPS) is 15.1. The van der Waals surface area contributed by atoms with Gasteiger partial charge in [-0.1, -0.05) is 18.2 Å². The number of nitrogens with zero attached hydrogens (tertiary/aromatic N) is 3. The maximum Gasteiger partial charge on any atom is 0.221 e. The fraction of sp³-hybridized carbons (Fsp3) is 0.273. The summed E-state index contributed by atoms with van der Waals surface area (Å²) in [6.07, 6.45) is 2.60. The molecule has 0 bridgehead atoms. The number of ether oxygens (including phenoxy) is 1. The van der Waals surface area contributed by atoms with E-state index in [1.54, 1.807) is 0 Å². The fourth-order valence-electron chi connectivity index (χ4n) is 3.41. The third kappa shape index (κ3) is 4.40. The van der Waals surface area contributed by atoms with E-state index in [0.717, 1.165) is 48.0 Å². The number of rotatable bonds is 5. The second-order valence-electron chi connectivity index (χ2n) is 6.99. The number of aryl methyl sites for hydroxylation is 1. The third-order valence-electron chi connectivity index (χ3n) is 4.81. The van der Waals surface area contributed by atoms with Crippen LogP contribution in [0.2, 0.25) is 0 Å². The predicted molar refractivity (Wildman–Crippen MR) is 108 cm³/mol. The molecule has 1 fully saturated rings. The summed E-state index contributed by atoms with van der Waals surface area (Å²) >= 11 is 0.